The summed E-state index contributed by atoms with van der Waals surface area (Å²) in [7, 11) is 0. The maximum atomic E-state index is 11.2. The van der Waals surface area contributed by atoms with Gasteiger partial charge in [0, 0.05) is 6.20 Å². The third-order valence-corrected chi connectivity index (χ3v) is 2.27. The molecule has 0 aliphatic rings. The molecule has 1 aromatic rings. The Hall–Kier alpha value is -1.09. The van der Waals surface area contributed by atoms with Gasteiger partial charge in [-0.15, -0.1) is 0 Å². The Morgan fingerprint density at radius 2 is 2.14 bits per heavy atom. The molecule has 3 nitrogen and oxygen atoms in total. The fourth-order valence-electron chi connectivity index (χ4n) is 1.39. The number of amides is 1. The van der Waals surface area contributed by atoms with Crippen LogP contribution in [0.3, 0.4) is 0 Å². The number of carbonyl (C=O) groups is 1. The molecule has 1 rings (SSSR count). The van der Waals surface area contributed by atoms with Gasteiger partial charge in [0.25, 0.3) is 0 Å². The van der Waals surface area contributed by atoms with Gasteiger partial charge in [0.05, 0.1) is 16.6 Å². The highest BCUT2D eigenvalue weighted by Gasteiger charge is 2.22. The van der Waals surface area contributed by atoms with Crippen molar-refractivity contribution in [2.45, 2.75) is 19.8 Å². The minimum atomic E-state index is -0.352. The minimum absolute atomic E-state index is 0.140. The van der Waals surface area contributed by atoms with Gasteiger partial charge in [0.1, 0.15) is 0 Å². The van der Waals surface area contributed by atoms with Gasteiger partial charge in [-0.2, -0.15) is 0 Å². The number of nitrogens with two attached hydrogens (primary N) is 1. The molecule has 0 aliphatic carbocycles. The number of halogens is 1. The number of primary amides is 1. The second-order valence-electron chi connectivity index (χ2n) is 3.53. The maximum absolute atomic E-state index is 11.2. The quantitative estimate of drug-likeness (QED) is 0.833. The molecule has 0 aliphatic heterocycles. The molecule has 76 valence electrons. The highest BCUT2D eigenvalue weighted by Crippen LogP contribution is 2.22. The summed E-state index contributed by atoms with van der Waals surface area (Å²) in [4.78, 5) is 15.3. The van der Waals surface area contributed by atoms with Crippen molar-refractivity contribution in [1.29, 1.82) is 0 Å². The van der Waals surface area contributed by atoms with Crippen LogP contribution < -0.4 is 5.73 Å². The highest BCUT2D eigenvalue weighted by molar-refractivity contribution is 6.30. The van der Waals surface area contributed by atoms with E-state index in [2.05, 4.69) is 4.98 Å². The van der Waals surface area contributed by atoms with Crippen molar-refractivity contribution in [3.8, 4) is 0 Å². The Bertz CT molecular complexity index is 321. The molecule has 4 heteroatoms. The van der Waals surface area contributed by atoms with E-state index in [4.69, 9.17) is 17.3 Å². The van der Waals surface area contributed by atoms with Crippen molar-refractivity contribution in [3.63, 3.8) is 0 Å². The molecule has 1 unspecified atom stereocenters. The summed E-state index contributed by atoms with van der Waals surface area (Å²) in [6.45, 7) is 3.87. The van der Waals surface area contributed by atoms with Gasteiger partial charge in [-0.25, -0.2) is 0 Å². The molecule has 2 N–H and O–H groups in total. The summed E-state index contributed by atoms with van der Waals surface area (Å²) in [6, 6.07) is 3.44. The normalized spacial score (nSPS) is 12.9. The molecule has 1 atom stereocenters. The fraction of sp³-hybridized carbons (Fsp3) is 0.400. The largest absolute Gasteiger partial charge is 0.369 e. The molecule has 0 fully saturated rings. The fourth-order valence-corrected chi connectivity index (χ4v) is 1.50. The molecule has 0 saturated heterocycles. The predicted molar refractivity (Wildman–Crippen MR) is 56.0 cm³/mol. The van der Waals surface area contributed by atoms with E-state index in [9.17, 15) is 4.79 Å². The smallest absolute Gasteiger partial charge is 0.226 e. The van der Waals surface area contributed by atoms with E-state index in [0.29, 0.717) is 10.7 Å². The monoisotopic (exact) mass is 212 g/mol. The SMILES string of the molecule is CC(C)C(C(N)=O)c1ccc(Cl)cn1. The van der Waals surface area contributed by atoms with Crippen LogP contribution in [0.4, 0.5) is 0 Å². The lowest BCUT2D eigenvalue weighted by Gasteiger charge is -2.16. The number of hydrogen-bond donors (Lipinski definition) is 1. The van der Waals surface area contributed by atoms with Crippen LogP contribution in [-0.2, 0) is 4.79 Å². The number of pyridine rings is 1. The van der Waals surface area contributed by atoms with Gasteiger partial charge < -0.3 is 5.73 Å². The zero-order valence-corrected chi connectivity index (χ0v) is 8.95. The van der Waals surface area contributed by atoms with Crippen LogP contribution in [-0.4, -0.2) is 10.9 Å². The van der Waals surface area contributed by atoms with Crippen LogP contribution in [0.2, 0.25) is 5.02 Å². The van der Waals surface area contributed by atoms with E-state index in [1.54, 1.807) is 12.1 Å². The van der Waals surface area contributed by atoms with Crippen molar-refractivity contribution >= 4 is 17.5 Å². The minimum Gasteiger partial charge on any atom is -0.369 e. The van der Waals surface area contributed by atoms with E-state index < -0.39 is 0 Å². The Labute approximate surface area is 88.3 Å². The van der Waals surface area contributed by atoms with Gasteiger partial charge >= 0.3 is 0 Å². The summed E-state index contributed by atoms with van der Waals surface area (Å²) in [5, 5.41) is 0.556. The molecule has 14 heavy (non-hydrogen) atoms. The highest BCUT2D eigenvalue weighted by atomic mass is 35.5. The first-order valence-corrected chi connectivity index (χ1v) is 4.81. The summed E-state index contributed by atoms with van der Waals surface area (Å²) >= 11 is 5.70. The Morgan fingerprint density at radius 1 is 1.50 bits per heavy atom. The third-order valence-electron chi connectivity index (χ3n) is 2.04. The van der Waals surface area contributed by atoms with E-state index >= 15 is 0 Å². The average Bonchev–Trinajstić information content (AvgIpc) is 2.07. The number of rotatable bonds is 3. The summed E-state index contributed by atoms with van der Waals surface area (Å²) in [5.41, 5.74) is 5.97. The Balaban J connectivity index is 3.00. The number of aromatic nitrogens is 1. The molecule has 0 bridgehead atoms. The van der Waals surface area contributed by atoms with E-state index in [-0.39, 0.29) is 17.7 Å². The zero-order chi connectivity index (χ0) is 10.7. The van der Waals surface area contributed by atoms with Crippen LogP contribution in [0.15, 0.2) is 18.3 Å². The molecular weight excluding hydrogens is 200 g/mol. The molecule has 0 saturated carbocycles. The third kappa shape index (κ3) is 2.45. The Morgan fingerprint density at radius 3 is 2.50 bits per heavy atom. The summed E-state index contributed by atoms with van der Waals surface area (Å²) in [6.07, 6.45) is 1.52. The molecule has 0 aromatic carbocycles. The van der Waals surface area contributed by atoms with Gasteiger partial charge in [0.2, 0.25) is 5.91 Å². The number of nitrogens with zero attached hydrogens (tertiary/aromatic N) is 1. The summed E-state index contributed by atoms with van der Waals surface area (Å²) < 4.78 is 0. The van der Waals surface area contributed by atoms with Gasteiger partial charge in [-0.05, 0) is 18.1 Å². The van der Waals surface area contributed by atoms with E-state index in [0.717, 1.165) is 0 Å². The van der Waals surface area contributed by atoms with Gasteiger partial charge in [-0.3, -0.25) is 9.78 Å². The van der Waals surface area contributed by atoms with Crippen LogP contribution in [0.1, 0.15) is 25.5 Å². The average molecular weight is 213 g/mol. The molecule has 0 radical (unpaired) electrons. The van der Waals surface area contributed by atoms with Crippen molar-refractivity contribution in [1.82, 2.24) is 4.98 Å². The summed E-state index contributed by atoms with van der Waals surface area (Å²) in [5.74, 6) is -0.553. The molecule has 1 amide bonds. The van der Waals surface area contributed by atoms with Gasteiger partial charge in [-0.1, -0.05) is 25.4 Å². The van der Waals surface area contributed by atoms with E-state index in [1.807, 2.05) is 13.8 Å². The predicted octanol–water partition coefficient (Wildman–Crippen LogP) is 1.96. The molecular formula is C10H13ClN2O. The van der Waals surface area contributed by atoms with Crippen molar-refractivity contribution in [3.05, 3.63) is 29.0 Å². The molecule has 0 spiro atoms. The second-order valence-corrected chi connectivity index (χ2v) is 3.96. The van der Waals surface area contributed by atoms with Crippen molar-refractivity contribution in [2.24, 2.45) is 11.7 Å². The van der Waals surface area contributed by atoms with Crippen molar-refractivity contribution in [2.75, 3.05) is 0 Å². The van der Waals surface area contributed by atoms with Gasteiger partial charge in [0.15, 0.2) is 0 Å². The van der Waals surface area contributed by atoms with Crippen molar-refractivity contribution < 1.29 is 4.79 Å². The first-order chi connectivity index (χ1) is 6.52. The molecule has 1 aromatic heterocycles. The number of carbonyl (C=O) groups excluding carboxylic acids is 1. The lowest BCUT2D eigenvalue weighted by molar-refractivity contribution is -0.120. The molecule has 1 heterocycles. The van der Waals surface area contributed by atoms with Crippen LogP contribution in [0.25, 0.3) is 0 Å². The lowest BCUT2D eigenvalue weighted by Crippen LogP contribution is -2.26. The lowest BCUT2D eigenvalue weighted by atomic mass is 9.91. The number of hydrogen-bond acceptors (Lipinski definition) is 2. The van der Waals surface area contributed by atoms with E-state index in [1.165, 1.54) is 6.20 Å². The van der Waals surface area contributed by atoms with Crippen LogP contribution in [0.5, 0.6) is 0 Å². The first-order valence-electron chi connectivity index (χ1n) is 4.43. The Kier molecular flexibility index (Phi) is 3.47. The standard InChI is InChI=1S/C10H13ClN2O/c1-6(2)9(10(12)14)8-4-3-7(11)5-13-8/h3-6,9H,1-2H3,(H2,12,14). The zero-order valence-electron chi connectivity index (χ0n) is 8.20. The van der Waals surface area contributed by atoms with Crippen LogP contribution in [0, 0.1) is 5.92 Å². The maximum Gasteiger partial charge on any atom is 0.226 e. The topological polar surface area (TPSA) is 56.0 Å². The first kappa shape index (κ1) is 11.0. The second kappa shape index (κ2) is 4.42. The van der Waals surface area contributed by atoms with Crippen LogP contribution >= 0.6 is 11.6 Å².